The lowest BCUT2D eigenvalue weighted by Gasteiger charge is -2.10. The van der Waals surface area contributed by atoms with E-state index in [1.165, 1.54) is 0 Å². The van der Waals surface area contributed by atoms with Gasteiger partial charge in [-0.05, 0) is 49.7 Å². The van der Waals surface area contributed by atoms with Gasteiger partial charge in [-0.25, -0.2) is 4.68 Å². The average molecular weight is 441 g/mol. The molecule has 0 radical (unpaired) electrons. The van der Waals surface area contributed by atoms with Crippen LogP contribution >= 0.6 is 11.6 Å². The molecule has 0 unspecified atom stereocenters. The Morgan fingerprint density at radius 1 is 1.10 bits per heavy atom. The highest BCUT2D eigenvalue weighted by atomic mass is 35.5. The van der Waals surface area contributed by atoms with Crippen LogP contribution < -0.4 is 15.4 Å². The van der Waals surface area contributed by atoms with E-state index in [1.54, 1.807) is 41.2 Å². The van der Waals surface area contributed by atoms with E-state index in [0.717, 1.165) is 11.3 Å². The molecule has 2 aromatic carbocycles. The van der Waals surface area contributed by atoms with E-state index in [4.69, 9.17) is 16.3 Å². The van der Waals surface area contributed by atoms with Crippen LogP contribution in [0.2, 0.25) is 5.02 Å². The first-order valence-corrected chi connectivity index (χ1v) is 10.5. The number of aromatic nitrogens is 2. The quantitative estimate of drug-likeness (QED) is 0.470. The van der Waals surface area contributed by atoms with Crippen molar-refractivity contribution in [2.24, 2.45) is 0 Å². The first kappa shape index (κ1) is 22.4. The zero-order chi connectivity index (χ0) is 22.1. The molecular formula is C23H25ClN4O3. The predicted octanol–water partition coefficient (Wildman–Crippen LogP) is 3.75. The van der Waals surface area contributed by atoms with Crippen molar-refractivity contribution in [1.82, 2.24) is 20.4 Å². The van der Waals surface area contributed by atoms with Crippen LogP contribution in [0.4, 0.5) is 0 Å². The molecule has 0 atom stereocenters. The molecule has 0 saturated heterocycles. The lowest BCUT2D eigenvalue weighted by Crippen LogP contribution is -2.27. The minimum Gasteiger partial charge on any atom is -0.493 e. The third-order valence-corrected chi connectivity index (χ3v) is 4.77. The van der Waals surface area contributed by atoms with E-state index in [9.17, 15) is 9.59 Å². The van der Waals surface area contributed by atoms with Gasteiger partial charge in [-0.1, -0.05) is 23.7 Å². The van der Waals surface area contributed by atoms with Crippen molar-refractivity contribution in [2.45, 2.75) is 26.3 Å². The van der Waals surface area contributed by atoms with Gasteiger partial charge in [0.15, 0.2) is 0 Å². The van der Waals surface area contributed by atoms with Crippen molar-refractivity contribution in [2.75, 3.05) is 13.2 Å². The number of amides is 2. The van der Waals surface area contributed by atoms with Crippen LogP contribution in [0, 0.1) is 0 Å². The zero-order valence-corrected chi connectivity index (χ0v) is 18.1. The molecule has 7 nitrogen and oxygen atoms in total. The van der Waals surface area contributed by atoms with Crippen molar-refractivity contribution in [3.8, 4) is 11.4 Å². The summed E-state index contributed by atoms with van der Waals surface area (Å²) in [5, 5.41) is 10.7. The molecule has 0 aliphatic heterocycles. The topological polar surface area (TPSA) is 85.2 Å². The third-order valence-electron chi connectivity index (χ3n) is 4.51. The predicted molar refractivity (Wildman–Crippen MR) is 120 cm³/mol. The Kier molecular flexibility index (Phi) is 8.06. The summed E-state index contributed by atoms with van der Waals surface area (Å²) in [6, 6.07) is 14.4. The first-order chi connectivity index (χ1) is 15.1. The van der Waals surface area contributed by atoms with Crippen molar-refractivity contribution >= 4 is 23.4 Å². The minimum atomic E-state index is -0.209. The SMILES string of the molecule is CCOc1ccccc1C(=O)NCCCC(=O)NCc1cnn(-c2ccc(Cl)cc2)c1. The third kappa shape index (κ3) is 6.58. The largest absolute Gasteiger partial charge is 0.493 e. The maximum absolute atomic E-state index is 12.3. The summed E-state index contributed by atoms with van der Waals surface area (Å²) < 4.78 is 7.20. The number of carbonyl (C=O) groups is 2. The Morgan fingerprint density at radius 2 is 1.87 bits per heavy atom. The second-order valence-corrected chi connectivity index (χ2v) is 7.27. The van der Waals surface area contributed by atoms with Gasteiger partial charge in [0.1, 0.15) is 5.75 Å². The summed E-state index contributed by atoms with van der Waals surface area (Å²) in [4.78, 5) is 24.4. The van der Waals surface area contributed by atoms with Crippen LogP contribution in [-0.2, 0) is 11.3 Å². The summed E-state index contributed by atoms with van der Waals surface area (Å²) in [5.74, 6) is 0.265. The van der Waals surface area contributed by atoms with Gasteiger partial charge < -0.3 is 15.4 Å². The second kappa shape index (κ2) is 11.2. The molecule has 3 rings (SSSR count). The zero-order valence-electron chi connectivity index (χ0n) is 17.3. The van der Waals surface area contributed by atoms with Gasteiger partial charge in [0.2, 0.25) is 5.91 Å². The number of carbonyl (C=O) groups excluding carboxylic acids is 2. The highest BCUT2D eigenvalue weighted by molar-refractivity contribution is 6.30. The molecule has 2 amide bonds. The van der Waals surface area contributed by atoms with E-state index in [0.29, 0.717) is 48.9 Å². The molecule has 0 aliphatic carbocycles. The molecule has 162 valence electrons. The molecule has 1 heterocycles. The van der Waals surface area contributed by atoms with Crippen LogP contribution in [0.1, 0.15) is 35.7 Å². The number of hydrogen-bond acceptors (Lipinski definition) is 4. The van der Waals surface area contributed by atoms with Gasteiger partial charge >= 0.3 is 0 Å². The van der Waals surface area contributed by atoms with E-state index in [-0.39, 0.29) is 11.8 Å². The number of ether oxygens (including phenoxy) is 1. The Hall–Kier alpha value is -3.32. The Morgan fingerprint density at radius 3 is 2.65 bits per heavy atom. The van der Waals surface area contributed by atoms with E-state index < -0.39 is 0 Å². The maximum Gasteiger partial charge on any atom is 0.255 e. The lowest BCUT2D eigenvalue weighted by molar-refractivity contribution is -0.121. The van der Waals surface area contributed by atoms with Gasteiger partial charge in [-0.2, -0.15) is 5.10 Å². The number of halogens is 1. The van der Waals surface area contributed by atoms with Gasteiger partial charge in [-0.3, -0.25) is 9.59 Å². The fraction of sp³-hybridized carbons (Fsp3) is 0.261. The fourth-order valence-corrected chi connectivity index (χ4v) is 3.08. The van der Waals surface area contributed by atoms with Gasteiger partial charge in [0.05, 0.1) is 24.1 Å². The molecule has 0 aliphatic rings. The van der Waals surface area contributed by atoms with Crippen molar-refractivity contribution in [1.29, 1.82) is 0 Å². The molecule has 3 aromatic rings. The average Bonchev–Trinajstić information content (AvgIpc) is 3.25. The Labute approximate surface area is 186 Å². The lowest BCUT2D eigenvalue weighted by atomic mass is 10.2. The molecule has 0 saturated carbocycles. The van der Waals surface area contributed by atoms with Crippen molar-refractivity contribution in [3.05, 3.63) is 77.1 Å². The number of benzene rings is 2. The number of nitrogens with one attached hydrogen (secondary N) is 2. The van der Waals surface area contributed by atoms with Gasteiger partial charge in [-0.15, -0.1) is 0 Å². The Bertz CT molecular complexity index is 1020. The molecule has 0 fully saturated rings. The molecule has 0 spiro atoms. The van der Waals surface area contributed by atoms with Crippen LogP contribution in [0.25, 0.3) is 5.69 Å². The summed E-state index contributed by atoms with van der Waals surface area (Å²) in [5.41, 5.74) is 2.28. The minimum absolute atomic E-state index is 0.0804. The second-order valence-electron chi connectivity index (χ2n) is 6.83. The molecule has 2 N–H and O–H groups in total. The van der Waals surface area contributed by atoms with Gasteiger partial charge in [0.25, 0.3) is 5.91 Å². The van der Waals surface area contributed by atoms with Crippen molar-refractivity contribution in [3.63, 3.8) is 0 Å². The molecule has 0 bridgehead atoms. The first-order valence-electron chi connectivity index (χ1n) is 10.1. The monoisotopic (exact) mass is 440 g/mol. The standard InChI is InChI=1S/C23H25ClN4O3/c1-2-31-21-7-4-3-6-20(21)23(30)25-13-5-8-22(29)26-14-17-15-27-28(16-17)19-11-9-18(24)10-12-19/h3-4,6-7,9-12,15-16H,2,5,8,13-14H2,1H3,(H,25,30)(H,26,29). The number of nitrogens with zero attached hydrogens (tertiary/aromatic N) is 2. The highest BCUT2D eigenvalue weighted by Crippen LogP contribution is 2.17. The fourth-order valence-electron chi connectivity index (χ4n) is 2.96. The highest BCUT2D eigenvalue weighted by Gasteiger charge is 2.11. The number of para-hydroxylation sites is 1. The Balaban J connectivity index is 1.38. The van der Waals surface area contributed by atoms with E-state index in [2.05, 4.69) is 15.7 Å². The summed E-state index contributed by atoms with van der Waals surface area (Å²) >= 11 is 5.90. The van der Waals surface area contributed by atoms with E-state index >= 15 is 0 Å². The van der Waals surface area contributed by atoms with Crippen LogP contribution in [0.15, 0.2) is 60.9 Å². The smallest absolute Gasteiger partial charge is 0.255 e. The van der Waals surface area contributed by atoms with Crippen LogP contribution in [0.3, 0.4) is 0 Å². The molecule has 8 heteroatoms. The van der Waals surface area contributed by atoms with E-state index in [1.807, 2.05) is 31.3 Å². The van der Waals surface area contributed by atoms with Crippen molar-refractivity contribution < 1.29 is 14.3 Å². The molecule has 1 aromatic heterocycles. The molecular weight excluding hydrogens is 416 g/mol. The summed E-state index contributed by atoms with van der Waals surface area (Å²) in [6.07, 6.45) is 4.43. The van der Waals surface area contributed by atoms with Gasteiger partial charge in [0, 0.05) is 36.3 Å². The van der Waals surface area contributed by atoms with Crippen LogP contribution in [-0.4, -0.2) is 34.7 Å². The maximum atomic E-state index is 12.3. The number of hydrogen-bond donors (Lipinski definition) is 2. The van der Waals surface area contributed by atoms with Crippen LogP contribution in [0.5, 0.6) is 5.75 Å². The summed E-state index contributed by atoms with van der Waals surface area (Å²) in [7, 11) is 0. The molecule has 31 heavy (non-hydrogen) atoms. The summed E-state index contributed by atoms with van der Waals surface area (Å²) in [6.45, 7) is 3.15. The normalized spacial score (nSPS) is 10.5. The number of rotatable bonds is 10.